The van der Waals surface area contributed by atoms with Crippen LogP contribution in [0.1, 0.15) is 19.3 Å². The third-order valence-electron chi connectivity index (χ3n) is 3.04. The number of hydrogen-bond donors (Lipinski definition) is 1. The molecule has 1 aromatic heterocycles. The summed E-state index contributed by atoms with van der Waals surface area (Å²) in [6.45, 7) is 2.19. The molecule has 0 unspecified atom stereocenters. The van der Waals surface area contributed by atoms with Gasteiger partial charge in [0.15, 0.2) is 0 Å². The van der Waals surface area contributed by atoms with E-state index in [9.17, 15) is 0 Å². The Bertz CT molecular complexity index is 340. The molecule has 0 atom stereocenters. The predicted octanol–water partition coefficient (Wildman–Crippen LogP) is 1.73. The summed E-state index contributed by atoms with van der Waals surface area (Å²) in [5, 5.41) is 9.37. The third-order valence-corrected chi connectivity index (χ3v) is 3.25. The molecule has 0 spiro atoms. The van der Waals surface area contributed by atoms with Crippen molar-refractivity contribution in [3.8, 4) is 0 Å². The lowest BCUT2D eigenvalue weighted by Crippen LogP contribution is -2.35. The molecule has 1 aromatic rings. The van der Waals surface area contributed by atoms with E-state index in [4.69, 9.17) is 16.7 Å². The molecule has 4 nitrogen and oxygen atoms in total. The lowest BCUT2D eigenvalue weighted by atomic mass is 9.94. The second kappa shape index (κ2) is 5.46. The van der Waals surface area contributed by atoms with Crippen LogP contribution >= 0.6 is 11.6 Å². The maximum atomic E-state index is 8.88. The van der Waals surface area contributed by atoms with Crippen molar-refractivity contribution in [3.05, 3.63) is 17.4 Å². The van der Waals surface area contributed by atoms with Crippen LogP contribution in [-0.4, -0.2) is 34.8 Å². The van der Waals surface area contributed by atoms with Crippen molar-refractivity contribution in [2.75, 3.05) is 24.6 Å². The lowest BCUT2D eigenvalue weighted by Gasteiger charge is -2.31. The van der Waals surface area contributed by atoms with Crippen LogP contribution in [0.5, 0.6) is 0 Å². The van der Waals surface area contributed by atoms with Gasteiger partial charge in [-0.1, -0.05) is 11.6 Å². The standard InChI is InChI=1S/C11H16ClN3O/c12-10-1-5-13-11(14-10)15-6-2-9(3-7-15)4-8-16/h1,5,9,16H,2-4,6-8H2. The van der Waals surface area contributed by atoms with Gasteiger partial charge in [-0.25, -0.2) is 9.97 Å². The Hall–Kier alpha value is -0.870. The molecule has 1 aliphatic heterocycles. The Morgan fingerprint density at radius 2 is 2.19 bits per heavy atom. The summed E-state index contributed by atoms with van der Waals surface area (Å²) in [6, 6.07) is 1.68. The summed E-state index contributed by atoms with van der Waals surface area (Å²) in [5.41, 5.74) is 0. The minimum absolute atomic E-state index is 0.290. The molecule has 0 radical (unpaired) electrons. The van der Waals surface area contributed by atoms with E-state index in [1.807, 2.05) is 0 Å². The number of hydrogen-bond acceptors (Lipinski definition) is 4. The SMILES string of the molecule is OCCC1CCN(c2nccc(Cl)n2)CC1. The van der Waals surface area contributed by atoms with E-state index >= 15 is 0 Å². The zero-order chi connectivity index (χ0) is 11.4. The monoisotopic (exact) mass is 241 g/mol. The number of anilines is 1. The van der Waals surface area contributed by atoms with E-state index in [0.717, 1.165) is 38.3 Å². The van der Waals surface area contributed by atoms with Gasteiger partial charge in [0.25, 0.3) is 0 Å². The summed E-state index contributed by atoms with van der Waals surface area (Å²) in [5.74, 6) is 1.36. The van der Waals surface area contributed by atoms with Crippen molar-refractivity contribution in [1.29, 1.82) is 0 Å². The number of halogens is 1. The van der Waals surface area contributed by atoms with Crippen LogP contribution < -0.4 is 4.90 Å². The molecule has 2 heterocycles. The van der Waals surface area contributed by atoms with Crippen LogP contribution in [0.3, 0.4) is 0 Å². The van der Waals surface area contributed by atoms with Crippen LogP contribution in [0.2, 0.25) is 5.15 Å². The summed E-state index contributed by atoms with van der Waals surface area (Å²) in [4.78, 5) is 10.6. The number of aliphatic hydroxyl groups excluding tert-OH is 1. The molecule has 1 fully saturated rings. The largest absolute Gasteiger partial charge is 0.396 e. The highest BCUT2D eigenvalue weighted by atomic mass is 35.5. The van der Waals surface area contributed by atoms with E-state index in [1.54, 1.807) is 12.3 Å². The Morgan fingerprint density at radius 1 is 1.44 bits per heavy atom. The highest BCUT2D eigenvalue weighted by Crippen LogP contribution is 2.23. The molecule has 0 aromatic carbocycles. The summed E-state index contributed by atoms with van der Waals surface area (Å²) < 4.78 is 0. The smallest absolute Gasteiger partial charge is 0.226 e. The molecule has 2 rings (SSSR count). The van der Waals surface area contributed by atoms with Crippen LogP contribution in [0.25, 0.3) is 0 Å². The normalized spacial score (nSPS) is 17.8. The molecule has 0 bridgehead atoms. The number of aromatic nitrogens is 2. The fourth-order valence-electron chi connectivity index (χ4n) is 2.08. The maximum absolute atomic E-state index is 8.88. The van der Waals surface area contributed by atoms with E-state index in [1.165, 1.54) is 0 Å². The summed E-state index contributed by atoms with van der Waals surface area (Å²) in [6.07, 6.45) is 4.78. The van der Waals surface area contributed by atoms with Gasteiger partial charge in [0.2, 0.25) is 5.95 Å². The van der Waals surface area contributed by atoms with Crippen molar-refractivity contribution in [2.45, 2.75) is 19.3 Å². The van der Waals surface area contributed by atoms with Gasteiger partial charge in [-0.3, -0.25) is 0 Å². The molecule has 0 saturated carbocycles. The summed E-state index contributed by atoms with van der Waals surface area (Å²) >= 11 is 5.83. The Morgan fingerprint density at radius 3 is 2.81 bits per heavy atom. The average molecular weight is 242 g/mol. The van der Waals surface area contributed by atoms with Crippen molar-refractivity contribution < 1.29 is 5.11 Å². The molecule has 0 aliphatic carbocycles. The Balaban J connectivity index is 1.94. The van der Waals surface area contributed by atoms with Crippen molar-refractivity contribution >= 4 is 17.5 Å². The predicted molar refractivity (Wildman–Crippen MR) is 63.7 cm³/mol. The molecule has 5 heteroatoms. The fourth-order valence-corrected chi connectivity index (χ4v) is 2.22. The second-order valence-electron chi connectivity index (χ2n) is 4.12. The van der Waals surface area contributed by atoms with Crippen molar-refractivity contribution in [1.82, 2.24) is 9.97 Å². The van der Waals surface area contributed by atoms with Gasteiger partial charge < -0.3 is 10.0 Å². The average Bonchev–Trinajstić information content (AvgIpc) is 2.30. The van der Waals surface area contributed by atoms with Crippen molar-refractivity contribution in [2.24, 2.45) is 5.92 Å². The highest BCUT2D eigenvalue weighted by Gasteiger charge is 2.20. The zero-order valence-corrected chi connectivity index (χ0v) is 9.90. The first-order valence-electron chi connectivity index (χ1n) is 5.64. The van der Waals surface area contributed by atoms with Gasteiger partial charge in [0.05, 0.1) is 0 Å². The van der Waals surface area contributed by atoms with Gasteiger partial charge in [0, 0.05) is 25.9 Å². The van der Waals surface area contributed by atoms with Crippen LogP contribution in [0.4, 0.5) is 5.95 Å². The van der Waals surface area contributed by atoms with Gasteiger partial charge in [0.1, 0.15) is 5.15 Å². The van der Waals surface area contributed by atoms with Gasteiger partial charge in [-0.2, -0.15) is 0 Å². The quantitative estimate of drug-likeness (QED) is 0.819. The van der Waals surface area contributed by atoms with Crippen LogP contribution in [-0.2, 0) is 0 Å². The van der Waals surface area contributed by atoms with Crippen molar-refractivity contribution in [3.63, 3.8) is 0 Å². The number of aliphatic hydroxyl groups is 1. The highest BCUT2D eigenvalue weighted by molar-refractivity contribution is 6.29. The lowest BCUT2D eigenvalue weighted by molar-refractivity contribution is 0.240. The maximum Gasteiger partial charge on any atom is 0.226 e. The molecule has 16 heavy (non-hydrogen) atoms. The minimum atomic E-state index is 0.290. The summed E-state index contributed by atoms with van der Waals surface area (Å²) in [7, 11) is 0. The molecular formula is C11H16ClN3O. The molecule has 88 valence electrons. The topological polar surface area (TPSA) is 49.2 Å². The molecule has 1 aliphatic rings. The molecular weight excluding hydrogens is 226 g/mol. The zero-order valence-electron chi connectivity index (χ0n) is 9.14. The number of piperidine rings is 1. The molecule has 1 saturated heterocycles. The first kappa shape index (κ1) is 11.6. The van der Waals surface area contributed by atoms with E-state index in [2.05, 4.69) is 14.9 Å². The first-order valence-corrected chi connectivity index (χ1v) is 6.02. The second-order valence-corrected chi connectivity index (χ2v) is 4.51. The van der Waals surface area contributed by atoms with E-state index < -0.39 is 0 Å². The molecule has 1 N–H and O–H groups in total. The van der Waals surface area contributed by atoms with Gasteiger partial charge in [-0.15, -0.1) is 0 Å². The number of rotatable bonds is 3. The number of nitrogens with zero attached hydrogens (tertiary/aromatic N) is 3. The fraction of sp³-hybridized carbons (Fsp3) is 0.636. The molecule has 0 amide bonds. The minimum Gasteiger partial charge on any atom is -0.396 e. The van der Waals surface area contributed by atoms with Gasteiger partial charge in [-0.05, 0) is 31.2 Å². The first-order chi connectivity index (χ1) is 7.79. The van der Waals surface area contributed by atoms with Crippen LogP contribution in [0.15, 0.2) is 12.3 Å². The Labute approximate surface area is 100 Å². The van der Waals surface area contributed by atoms with E-state index in [-0.39, 0.29) is 0 Å². The van der Waals surface area contributed by atoms with E-state index in [0.29, 0.717) is 17.7 Å². The third kappa shape index (κ3) is 2.83. The van der Waals surface area contributed by atoms with Gasteiger partial charge >= 0.3 is 0 Å². The Kier molecular flexibility index (Phi) is 3.96. The van der Waals surface area contributed by atoms with Crippen LogP contribution in [0, 0.1) is 5.92 Å².